The van der Waals surface area contributed by atoms with Crippen LogP contribution in [0.1, 0.15) is 22.0 Å². The van der Waals surface area contributed by atoms with Crippen molar-refractivity contribution < 1.29 is 18.8 Å². The van der Waals surface area contributed by atoms with E-state index in [0.29, 0.717) is 29.4 Å². The molecular weight excluding hydrogens is 212 g/mol. The number of aryl methyl sites for hydroxylation is 1. The van der Waals surface area contributed by atoms with Gasteiger partial charge >= 0.3 is 5.97 Å². The van der Waals surface area contributed by atoms with Gasteiger partial charge in [-0.05, 0) is 6.92 Å². The summed E-state index contributed by atoms with van der Waals surface area (Å²) in [5.74, 6) is -0.0357. The first kappa shape index (κ1) is 9.02. The largest absolute Gasteiger partial charge is 0.475 e. The van der Waals surface area contributed by atoms with Gasteiger partial charge in [0.15, 0.2) is 11.5 Å². The van der Waals surface area contributed by atoms with Crippen LogP contribution in [0.25, 0.3) is 11.3 Å². The molecule has 2 N–H and O–H groups in total. The van der Waals surface area contributed by atoms with E-state index >= 15 is 0 Å². The summed E-state index contributed by atoms with van der Waals surface area (Å²) >= 11 is 0. The summed E-state index contributed by atoms with van der Waals surface area (Å²) in [6.07, 6.45) is 0. The van der Waals surface area contributed by atoms with Gasteiger partial charge in [0.2, 0.25) is 5.76 Å². The van der Waals surface area contributed by atoms with Gasteiger partial charge in [0.05, 0.1) is 23.5 Å². The van der Waals surface area contributed by atoms with Gasteiger partial charge in [0.1, 0.15) is 0 Å². The summed E-state index contributed by atoms with van der Waals surface area (Å²) in [4.78, 5) is 10.8. The molecule has 1 aliphatic rings. The van der Waals surface area contributed by atoms with Crippen LogP contribution in [0.4, 0.5) is 5.69 Å². The number of hydrogen-bond donors (Lipinski definition) is 2. The Morgan fingerprint density at radius 2 is 2.44 bits per heavy atom. The second-order valence-corrected chi connectivity index (χ2v) is 3.58. The van der Waals surface area contributed by atoms with Gasteiger partial charge < -0.3 is 19.4 Å². The third kappa shape index (κ3) is 1.06. The maximum Gasteiger partial charge on any atom is 0.371 e. The highest BCUT2D eigenvalue weighted by atomic mass is 16.5. The van der Waals surface area contributed by atoms with Crippen LogP contribution in [-0.2, 0) is 6.54 Å². The van der Waals surface area contributed by atoms with E-state index in [9.17, 15) is 4.79 Å². The molecule has 6 nitrogen and oxygen atoms in total. The molecule has 0 atom stereocenters. The molecule has 0 saturated carbocycles. The third-order valence-corrected chi connectivity index (χ3v) is 2.54. The van der Waals surface area contributed by atoms with E-state index in [0.717, 1.165) is 5.56 Å². The zero-order valence-electron chi connectivity index (χ0n) is 8.40. The fourth-order valence-electron chi connectivity index (χ4n) is 1.82. The molecule has 0 spiro atoms. The number of aromatic nitrogens is 1. The first-order valence-corrected chi connectivity index (χ1v) is 4.73. The number of nitrogens with one attached hydrogen (secondary N) is 1. The summed E-state index contributed by atoms with van der Waals surface area (Å²) in [6, 6.07) is 1.47. The fraction of sp³-hybridized carbons (Fsp3) is 0.200. The Balaban J connectivity index is 2.23. The van der Waals surface area contributed by atoms with Gasteiger partial charge in [-0.15, -0.1) is 0 Å². The summed E-state index contributed by atoms with van der Waals surface area (Å²) < 4.78 is 10.4. The van der Waals surface area contributed by atoms with E-state index in [1.165, 1.54) is 6.07 Å². The quantitative estimate of drug-likeness (QED) is 0.762. The molecule has 0 amide bonds. The minimum Gasteiger partial charge on any atom is -0.475 e. The Morgan fingerprint density at radius 3 is 3.19 bits per heavy atom. The summed E-state index contributed by atoms with van der Waals surface area (Å²) in [6.45, 7) is 2.28. The fourth-order valence-corrected chi connectivity index (χ4v) is 1.82. The van der Waals surface area contributed by atoms with Crippen LogP contribution >= 0.6 is 0 Å². The van der Waals surface area contributed by atoms with E-state index in [1.807, 2.05) is 0 Å². The van der Waals surface area contributed by atoms with Crippen molar-refractivity contribution in [2.75, 3.05) is 5.32 Å². The lowest BCUT2D eigenvalue weighted by atomic mass is 10.1. The summed E-state index contributed by atoms with van der Waals surface area (Å²) in [7, 11) is 0. The summed E-state index contributed by atoms with van der Waals surface area (Å²) in [5, 5.41) is 15.7. The van der Waals surface area contributed by atoms with Crippen molar-refractivity contribution in [3.8, 4) is 11.3 Å². The predicted molar refractivity (Wildman–Crippen MR) is 53.2 cm³/mol. The SMILES string of the molecule is Cc1noc2c1-c1oc(C(=O)O)cc1NC2. The Hall–Kier alpha value is -2.24. The normalized spacial score (nSPS) is 12.8. The topological polar surface area (TPSA) is 88.5 Å². The molecule has 0 bridgehead atoms. The Labute approximate surface area is 89.8 Å². The van der Waals surface area contributed by atoms with Crippen LogP contribution in [0.2, 0.25) is 0 Å². The number of carbonyl (C=O) groups is 1. The molecule has 0 unspecified atom stereocenters. The lowest BCUT2D eigenvalue weighted by Gasteiger charge is -2.10. The second kappa shape index (κ2) is 2.88. The molecule has 0 fully saturated rings. The Morgan fingerprint density at radius 1 is 1.62 bits per heavy atom. The molecule has 0 radical (unpaired) electrons. The van der Waals surface area contributed by atoms with Crippen LogP contribution < -0.4 is 5.32 Å². The number of carboxylic acids is 1. The van der Waals surface area contributed by atoms with E-state index in [2.05, 4.69) is 10.5 Å². The number of fused-ring (bicyclic) bond motifs is 3. The number of hydrogen-bond acceptors (Lipinski definition) is 5. The van der Waals surface area contributed by atoms with Gasteiger partial charge in [0.25, 0.3) is 0 Å². The van der Waals surface area contributed by atoms with Crippen molar-refractivity contribution in [2.45, 2.75) is 13.5 Å². The van der Waals surface area contributed by atoms with Gasteiger partial charge in [-0.25, -0.2) is 4.79 Å². The second-order valence-electron chi connectivity index (χ2n) is 3.58. The number of anilines is 1. The number of rotatable bonds is 1. The van der Waals surface area contributed by atoms with Gasteiger partial charge in [-0.1, -0.05) is 5.16 Å². The zero-order chi connectivity index (χ0) is 11.3. The maximum absolute atomic E-state index is 10.8. The number of aromatic carboxylic acids is 1. The first-order valence-electron chi connectivity index (χ1n) is 4.73. The van der Waals surface area contributed by atoms with Crippen molar-refractivity contribution in [1.82, 2.24) is 5.16 Å². The van der Waals surface area contributed by atoms with Crippen LogP contribution in [0.15, 0.2) is 15.0 Å². The van der Waals surface area contributed by atoms with Crippen molar-refractivity contribution in [2.24, 2.45) is 0 Å². The molecule has 3 rings (SSSR count). The molecule has 6 heteroatoms. The molecule has 2 aromatic rings. The highest BCUT2D eigenvalue weighted by Gasteiger charge is 2.28. The minimum absolute atomic E-state index is 0.0917. The molecular formula is C10H8N2O4. The average Bonchev–Trinajstić information content (AvgIpc) is 2.81. The van der Waals surface area contributed by atoms with Crippen LogP contribution in [0, 0.1) is 6.92 Å². The number of furan rings is 1. The molecule has 2 aromatic heterocycles. The lowest BCUT2D eigenvalue weighted by molar-refractivity contribution is 0.0663. The van der Waals surface area contributed by atoms with Crippen molar-refractivity contribution >= 4 is 11.7 Å². The molecule has 82 valence electrons. The monoisotopic (exact) mass is 220 g/mol. The van der Waals surface area contributed by atoms with Gasteiger partial charge in [0, 0.05) is 6.07 Å². The van der Waals surface area contributed by atoms with Gasteiger partial charge in [-0.3, -0.25) is 0 Å². The van der Waals surface area contributed by atoms with Crippen LogP contribution in [0.5, 0.6) is 0 Å². The zero-order valence-corrected chi connectivity index (χ0v) is 8.40. The van der Waals surface area contributed by atoms with Crippen molar-refractivity contribution in [3.63, 3.8) is 0 Å². The smallest absolute Gasteiger partial charge is 0.371 e. The van der Waals surface area contributed by atoms with Crippen LogP contribution in [0.3, 0.4) is 0 Å². The maximum atomic E-state index is 10.8. The predicted octanol–water partition coefficient (Wildman–Crippen LogP) is 1.87. The summed E-state index contributed by atoms with van der Waals surface area (Å²) in [5.41, 5.74) is 2.11. The number of nitrogens with zero attached hydrogens (tertiary/aromatic N) is 1. The third-order valence-electron chi connectivity index (χ3n) is 2.54. The number of carboxylic acid groups (broad SMARTS) is 1. The van der Waals surface area contributed by atoms with Crippen molar-refractivity contribution in [3.05, 3.63) is 23.3 Å². The van der Waals surface area contributed by atoms with E-state index in [1.54, 1.807) is 6.92 Å². The molecule has 3 heterocycles. The molecule has 0 saturated heterocycles. The Kier molecular flexibility index (Phi) is 1.62. The molecule has 0 aromatic carbocycles. The van der Waals surface area contributed by atoms with Crippen LogP contribution in [-0.4, -0.2) is 16.2 Å². The average molecular weight is 220 g/mol. The van der Waals surface area contributed by atoms with E-state index < -0.39 is 5.97 Å². The van der Waals surface area contributed by atoms with E-state index in [4.69, 9.17) is 14.0 Å². The molecule has 0 aliphatic carbocycles. The highest BCUT2D eigenvalue weighted by molar-refractivity contribution is 5.90. The van der Waals surface area contributed by atoms with Gasteiger partial charge in [-0.2, -0.15) is 0 Å². The lowest BCUT2D eigenvalue weighted by Crippen LogP contribution is -2.04. The Bertz CT molecular complexity index is 582. The highest BCUT2D eigenvalue weighted by Crippen LogP contribution is 2.39. The molecule has 16 heavy (non-hydrogen) atoms. The minimum atomic E-state index is -1.09. The molecule has 1 aliphatic heterocycles. The van der Waals surface area contributed by atoms with E-state index in [-0.39, 0.29) is 5.76 Å². The first-order chi connectivity index (χ1) is 7.66. The van der Waals surface area contributed by atoms with Crippen molar-refractivity contribution in [1.29, 1.82) is 0 Å². The standard InChI is InChI=1S/C10H8N2O4/c1-4-8-7(16-12-4)3-11-5-2-6(10(13)14)15-9(5)8/h2,11H,3H2,1H3,(H,13,14).